The summed E-state index contributed by atoms with van der Waals surface area (Å²) in [6, 6.07) is 0. The Labute approximate surface area is 57.0 Å². The highest BCUT2D eigenvalue weighted by Gasteiger charge is 2.02. The Morgan fingerprint density at radius 3 is 2.60 bits per heavy atom. The summed E-state index contributed by atoms with van der Waals surface area (Å²) in [5.74, 6) is -0.358. The third kappa shape index (κ3) is 1.56. The van der Waals surface area contributed by atoms with E-state index in [2.05, 4.69) is 9.97 Å². The Morgan fingerprint density at radius 1 is 1.80 bits per heavy atom. The number of hydrogen-bond donors (Lipinski definition) is 2. The number of rotatable bonds is 1. The van der Waals surface area contributed by atoms with Crippen molar-refractivity contribution in [2.45, 2.75) is 6.92 Å². The molecule has 10 heavy (non-hydrogen) atoms. The fourth-order valence-corrected chi connectivity index (χ4v) is 0.530. The SMILES string of the molecule is Cc1ncc(C(=O)O)[nH]1.O. The summed E-state index contributed by atoms with van der Waals surface area (Å²) in [7, 11) is 0. The first-order chi connectivity index (χ1) is 4.20. The van der Waals surface area contributed by atoms with Gasteiger partial charge in [-0.05, 0) is 6.92 Å². The van der Waals surface area contributed by atoms with E-state index in [1.54, 1.807) is 6.92 Å². The smallest absolute Gasteiger partial charge is 0.353 e. The van der Waals surface area contributed by atoms with E-state index in [4.69, 9.17) is 5.11 Å². The van der Waals surface area contributed by atoms with Crippen LogP contribution in [0.2, 0.25) is 0 Å². The molecule has 0 spiro atoms. The number of nitrogens with zero attached hydrogens (tertiary/aromatic N) is 1. The summed E-state index contributed by atoms with van der Waals surface area (Å²) >= 11 is 0. The highest BCUT2D eigenvalue weighted by Crippen LogP contribution is 1.93. The summed E-state index contributed by atoms with van der Waals surface area (Å²) in [5.41, 5.74) is 0.132. The lowest BCUT2D eigenvalue weighted by Gasteiger charge is -1.81. The molecule has 5 heteroatoms. The Kier molecular flexibility index (Phi) is 2.57. The summed E-state index contributed by atoms with van der Waals surface area (Å²) < 4.78 is 0. The zero-order valence-electron chi connectivity index (χ0n) is 5.38. The molecule has 0 amide bonds. The van der Waals surface area contributed by atoms with Crippen LogP contribution in [0.15, 0.2) is 6.20 Å². The molecule has 1 heterocycles. The van der Waals surface area contributed by atoms with E-state index < -0.39 is 5.97 Å². The van der Waals surface area contributed by atoms with Crippen molar-refractivity contribution in [3.05, 3.63) is 17.7 Å². The van der Waals surface area contributed by atoms with Crippen molar-refractivity contribution < 1.29 is 15.4 Å². The Hall–Kier alpha value is -1.36. The molecule has 0 unspecified atom stereocenters. The summed E-state index contributed by atoms with van der Waals surface area (Å²) in [4.78, 5) is 16.4. The van der Waals surface area contributed by atoms with Crippen molar-refractivity contribution in [2.75, 3.05) is 0 Å². The molecule has 5 nitrogen and oxygen atoms in total. The molecule has 0 aliphatic rings. The Morgan fingerprint density at radius 2 is 2.40 bits per heavy atom. The quantitative estimate of drug-likeness (QED) is 0.560. The van der Waals surface area contributed by atoms with E-state index in [0.29, 0.717) is 5.82 Å². The number of nitrogens with one attached hydrogen (secondary N) is 1. The number of aryl methyl sites for hydroxylation is 1. The van der Waals surface area contributed by atoms with Gasteiger partial charge in [0.15, 0.2) is 0 Å². The minimum atomic E-state index is -0.976. The first-order valence-corrected chi connectivity index (χ1v) is 2.45. The fourth-order valence-electron chi connectivity index (χ4n) is 0.530. The van der Waals surface area contributed by atoms with Crippen LogP contribution in [-0.4, -0.2) is 26.5 Å². The van der Waals surface area contributed by atoms with Crippen LogP contribution < -0.4 is 0 Å². The number of aromatic amines is 1. The zero-order chi connectivity index (χ0) is 6.85. The molecule has 4 N–H and O–H groups in total. The Balaban J connectivity index is 0.000000810. The molecular formula is C5H8N2O3. The number of aromatic carboxylic acids is 1. The zero-order valence-corrected chi connectivity index (χ0v) is 5.38. The molecule has 0 saturated carbocycles. The van der Waals surface area contributed by atoms with Crippen LogP contribution in [0.4, 0.5) is 0 Å². The number of H-pyrrole nitrogens is 1. The molecule has 0 radical (unpaired) electrons. The molecule has 1 aromatic heterocycles. The first kappa shape index (κ1) is 8.64. The third-order valence-electron chi connectivity index (χ3n) is 0.933. The minimum absolute atomic E-state index is 0. The first-order valence-electron chi connectivity index (χ1n) is 2.45. The topological polar surface area (TPSA) is 97.5 Å². The van der Waals surface area contributed by atoms with Crippen LogP contribution in [0.3, 0.4) is 0 Å². The van der Waals surface area contributed by atoms with E-state index in [9.17, 15) is 4.79 Å². The molecule has 1 aromatic rings. The van der Waals surface area contributed by atoms with Crippen LogP contribution in [-0.2, 0) is 0 Å². The van der Waals surface area contributed by atoms with Gasteiger partial charge >= 0.3 is 5.97 Å². The van der Waals surface area contributed by atoms with Crippen molar-refractivity contribution in [3.8, 4) is 0 Å². The molecule has 0 fully saturated rings. The monoisotopic (exact) mass is 144 g/mol. The molecule has 0 aliphatic carbocycles. The normalized spacial score (nSPS) is 8.50. The predicted molar refractivity (Wildman–Crippen MR) is 33.9 cm³/mol. The number of carbonyl (C=O) groups is 1. The van der Waals surface area contributed by atoms with Gasteiger partial charge in [0.05, 0.1) is 6.20 Å². The van der Waals surface area contributed by atoms with Crippen molar-refractivity contribution >= 4 is 5.97 Å². The van der Waals surface area contributed by atoms with Crippen molar-refractivity contribution in [1.82, 2.24) is 9.97 Å². The van der Waals surface area contributed by atoms with Gasteiger partial charge in [-0.25, -0.2) is 9.78 Å². The number of carboxylic acids is 1. The lowest BCUT2D eigenvalue weighted by Crippen LogP contribution is -1.95. The fraction of sp³-hybridized carbons (Fsp3) is 0.200. The van der Waals surface area contributed by atoms with Crippen molar-refractivity contribution in [3.63, 3.8) is 0 Å². The average molecular weight is 144 g/mol. The van der Waals surface area contributed by atoms with Crippen molar-refractivity contribution in [2.24, 2.45) is 0 Å². The van der Waals surface area contributed by atoms with Gasteiger partial charge in [-0.15, -0.1) is 0 Å². The maximum Gasteiger partial charge on any atom is 0.353 e. The molecule has 0 aromatic carbocycles. The van der Waals surface area contributed by atoms with E-state index >= 15 is 0 Å². The molecule has 0 bridgehead atoms. The lowest BCUT2D eigenvalue weighted by atomic mass is 10.5. The second kappa shape index (κ2) is 2.98. The van der Waals surface area contributed by atoms with Crippen LogP contribution in [0, 0.1) is 6.92 Å². The van der Waals surface area contributed by atoms with Gasteiger partial charge in [-0.2, -0.15) is 0 Å². The highest BCUT2D eigenvalue weighted by molar-refractivity contribution is 5.84. The molecule has 1 rings (SSSR count). The van der Waals surface area contributed by atoms with E-state index in [1.807, 2.05) is 0 Å². The van der Waals surface area contributed by atoms with Gasteiger partial charge in [-0.1, -0.05) is 0 Å². The van der Waals surface area contributed by atoms with Crippen LogP contribution in [0.1, 0.15) is 16.3 Å². The van der Waals surface area contributed by atoms with E-state index in [0.717, 1.165) is 0 Å². The third-order valence-corrected chi connectivity index (χ3v) is 0.933. The largest absolute Gasteiger partial charge is 0.477 e. The molecule has 0 aliphatic heterocycles. The van der Waals surface area contributed by atoms with Gasteiger partial charge in [0, 0.05) is 0 Å². The minimum Gasteiger partial charge on any atom is -0.477 e. The number of carboxylic acid groups (broad SMARTS) is 1. The van der Waals surface area contributed by atoms with E-state index in [-0.39, 0.29) is 11.2 Å². The molecule has 0 atom stereocenters. The maximum absolute atomic E-state index is 10.1. The Bertz CT molecular complexity index is 231. The van der Waals surface area contributed by atoms with Crippen LogP contribution in [0.25, 0.3) is 0 Å². The number of imidazole rings is 1. The number of hydrogen-bond acceptors (Lipinski definition) is 2. The maximum atomic E-state index is 10.1. The second-order valence-corrected chi connectivity index (χ2v) is 1.69. The van der Waals surface area contributed by atoms with Gasteiger partial charge in [-0.3, -0.25) is 0 Å². The van der Waals surface area contributed by atoms with Gasteiger partial charge in [0.25, 0.3) is 0 Å². The summed E-state index contributed by atoms with van der Waals surface area (Å²) in [6.07, 6.45) is 1.29. The molecule has 0 saturated heterocycles. The van der Waals surface area contributed by atoms with Gasteiger partial charge in [0.2, 0.25) is 0 Å². The highest BCUT2D eigenvalue weighted by atomic mass is 16.4. The second-order valence-electron chi connectivity index (χ2n) is 1.69. The van der Waals surface area contributed by atoms with Crippen molar-refractivity contribution in [1.29, 1.82) is 0 Å². The molecular weight excluding hydrogens is 136 g/mol. The standard InChI is InChI=1S/C5H6N2O2.H2O/c1-3-6-2-4(7-3)5(8)9;/h2H,1H3,(H,6,7)(H,8,9);1H2. The van der Waals surface area contributed by atoms with Crippen LogP contribution >= 0.6 is 0 Å². The van der Waals surface area contributed by atoms with Crippen LogP contribution in [0.5, 0.6) is 0 Å². The lowest BCUT2D eigenvalue weighted by molar-refractivity contribution is 0.0691. The summed E-state index contributed by atoms with van der Waals surface area (Å²) in [6.45, 7) is 1.70. The van der Waals surface area contributed by atoms with E-state index in [1.165, 1.54) is 6.20 Å². The number of aromatic nitrogens is 2. The average Bonchev–Trinajstić information content (AvgIpc) is 2.14. The predicted octanol–water partition coefficient (Wildman–Crippen LogP) is -0.408. The summed E-state index contributed by atoms with van der Waals surface area (Å²) in [5, 5.41) is 8.33. The van der Waals surface area contributed by atoms with Gasteiger partial charge in [0.1, 0.15) is 11.5 Å². The van der Waals surface area contributed by atoms with Gasteiger partial charge < -0.3 is 15.6 Å². The molecule has 56 valence electrons.